The Hall–Kier alpha value is -2.36. The van der Waals surface area contributed by atoms with Crippen LogP contribution in [0.1, 0.15) is 35.7 Å². The first-order valence-corrected chi connectivity index (χ1v) is 8.78. The molecule has 1 saturated heterocycles. The molecule has 24 heavy (non-hydrogen) atoms. The van der Waals surface area contributed by atoms with Crippen LogP contribution in [0.3, 0.4) is 0 Å². The first-order valence-electron chi connectivity index (χ1n) is 8.78. The van der Waals surface area contributed by atoms with Gasteiger partial charge in [-0.05, 0) is 55.0 Å². The van der Waals surface area contributed by atoms with Crippen LogP contribution in [0.2, 0.25) is 0 Å². The van der Waals surface area contributed by atoms with E-state index in [0.29, 0.717) is 5.92 Å². The molecule has 0 saturated carbocycles. The van der Waals surface area contributed by atoms with Gasteiger partial charge >= 0.3 is 0 Å². The Kier molecular flexibility index (Phi) is 5.47. The summed E-state index contributed by atoms with van der Waals surface area (Å²) < 4.78 is 0. The fraction of sp³-hybridized carbons (Fsp3) is 0.400. The second-order valence-electron chi connectivity index (χ2n) is 6.40. The average molecular weight is 323 g/mol. The lowest BCUT2D eigenvalue weighted by molar-refractivity contribution is 0.0945. The Bertz CT molecular complexity index is 646. The third-order valence-electron chi connectivity index (χ3n) is 4.82. The number of carbonyl (C=O) groups excluding carboxylic acids is 1. The zero-order valence-electron chi connectivity index (χ0n) is 14.2. The Morgan fingerprint density at radius 1 is 1.12 bits per heavy atom. The van der Waals surface area contributed by atoms with E-state index in [1.807, 2.05) is 36.7 Å². The van der Waals surface area contributed by atoms with Gasteiger partial charge in [0.2, 0.25) is 0 Å². The van der Waals surface area contributed by atoms with E-state index in [4.69, 9.17) is 0 Å². The van der Waals surface area contributed by atoms with E-state index in [-0.39, 0.29) is 5.91 Å². The van der Waals surface area contributed by atoms with Crippen molar-refractivity contribution in [3.05, 3.63) is 59.9 Å². The predicted octanol–water partition coefficient (Wildman–Crippen LogP) is 3.29. The number of aryl methyl sites for hydroxylation is 1. The van der Waals surface area contributed by atoms with Crippen molar-refractivity contribution in [2.75, 3.05) is 24.5 Å². The Balaban J connectivity index is 1.45. The minimum Gasteiger partial charge on any atom is -0.371 e. The maximum Gasteiger partial charge on any atom is 0.251 e. The van der Waals surface area contributed by atoms with Gasteiger partial charge in [-0.25, -0.2) is 0 Å². The number of amides is 1. The van der Waals surface area contributed by atoms with E-state index in [2.05, 4.69) is 34.3 Å². The molecule has 0 unspecified atom stereocenters. The van der Waals surface area contributed by atoms with Gasteiger partial charge in [-0.3, -0.25) is 9.78 Å². The summed E-state index contributed by atoms with van der Waals surface area (Å²) in [5, 5.41) is 3.09. The van der Waals surface area contributed by atoms with Gasteiger partial charge in [-0.2, -0.15) is 0 Å². The van der Waals surface area contributed by atoms with Gasteiger partial charge in [0.15, 0.2) is 0 Å². The van der Waals surface area contributed by atoms with Crippen LogP contribution in [-0.4, -0.2) is 30.5 Å². The second kappa shape index (κ2) is 7.95. The summed E-state index contributed by atoms with van der Waals surface area (Å²) in [7, 11) is 0. The number of piperidine rings is 1. The quantitative estimate of drug-likeness (QED) is 0.918. The van der Waals surface area contributed by atoms with Crippen molar-refractivity contribution >= 4 is 11.6 Å². The van der Waals surface area contributed by atoms with Gasteiger partial charge in [0.25, 0.3) is 5.91 Å². The van der Waals surface area contributed by atoms with Crippen molar-refractivity contribution in [2.45, 2.75) is 26.2 Å². The highest BCUT2D eigenvalue weighted by Gasteiger charge is 2.20. The largest absolute Gasteiger partial charge is 0.371 e. The van der Waals surface area contributed by atoms with Gasteiger partial charge in [0.1, 0.15) is 0 Å². The molecule has 1 aliphatic heterocycles. The van der Waals surface area contributed by atoms with Gasteiger partial charge in [0, 0.05) is 43.3 Å². The van der Waals surface area contributed by atoms with E-state index in [1.165, 1.54) is 11.3 Å². The zero-order valence-corrected chi connectivity index (χ0v) is 14.2. The predicted molar refractivity (Wildman–Crippen MR) is 97.3 cm³/mol. The molecule has 0 aliphatic carbocycles. The molecule has 4 heteroatoms. The summed E-state index contributed by atoms with van der Waals surface area (Å²) in [6, 6.07) is 12.0. The van der Waals surface area contributed by atoms with E-state index >= 15 is 0 Å². The number of nitrogens with one attached hydrogen (secondary N) is 1. The lowest BCUT2D eigenvalue weighted by Crippen LogP contribution is -2.38. The second-order valence-corrected chi connectivity index (χ2v) is 6.40. The van der Waals surface area contributed by atoms with Crippen LogP contribution in [0.25, 0.3) is 0 Å². The molecular weight excluding hydrogens is 298 g/mol. The highest BCUT2D eigenvalue weighted by molar-refractivity contribution is 5.94. The summed E-state index contributed by atoms with van der Waals surface area (Å²) in [5.74, 6) is 0.594. The van der Waals surface area contributed by atoms with Crippen molar-refractivity contribution in [2.24, 2.45) is 5.92 Å². The molecule has 1 fully saturated rings. The van der Waals surface area contributed by atoms with Gasteiger partial charge in [-0.1, -0.05) is 19.1 Å². The standard InChI is InChI=1S/C20H25N3O/c1-2-16-3-5-18(6-4-16)20(24)22-15-17-9-13-23(14-10-17)19-7-11-21-12-8-19/h3-8,11-12,17H,2,9-10,13-15H2,1H3,(H,22,24). The highest BCUT2D eigenvalue weighted by Crippen LogP contribution is 2.22. The van der Waals surface area contributed by atoms with Crippen LogP contribution in [0, 0.1) is 5.92 Å². The van der Waals surface area contributed by atoms with Crippen LogP contribution in [0.15, 0.2) is 48.8 Å². The minimum atomic E-state index is 0.0363. The fourth-order valence-electron chi connectivity index (χ4n) is 3.18. The van der Waals surface area contributed by atoms with E-state index in [1.54, 1.807) is 0 Å². The number of carbonyl (C=O) groups is 1. The highest BCUT2D eigenvalue weighted by atomic mass is 16.1. The van der Waals surface area contributed by atoms with Gasteiger partial charge in [0.05, 0.1) is 0 Å². The van der Waals surface area contributed by atoms with Crippen molar-refractivity contribution in [3.8, 4) is 0 Å². The van der Waals surface area contributed by atoms with Gasteiger partial charge < -0.3 is 10.2 Å². The minimum absolute atomic E-state index is 0.0363. The lowest BCUT2D eigenvalue weighted by Gasteiger charge is -2.33. The molecular formula is C20H25N3O. The third kappa shape index (κ3) is 4.13. The average Bonchev–Trinajstić information content (AvgIpc) is 2.67. The molecule has 1 amide bonds. The fourth-order valence-corrected chi connectivity index (χ4v) is 3.18. The summed E-state index contributed by atoms with van der Waals surface area (Å²) in [5.41, 5.74) is 3.25. The Morgan fingerprint density at radius 2 is 1.79 bits per heavy atom. The van der Waals surface area contributed by atoms with Crippen molar-refractivity contribution < 1.29 is 4.79 Å². The Labute approximate surface area is 143 Å². The maximum absolute atomic E-state index is 12.2. The summed E-state index contributed by atoms with van der Waals surface area (Å²) in [6.45, 7) is 4.96. The van der Waals surface area contributed by atoms with Crippen LogP contribution < -0.4 is 10.2 Å². The molecule has 126 valence electrons. The lowest BCUT2D eigenvalue weighted by atomic mass is 9.96. The molecule has 2 aromatic rings. The van der Waals surface area contributed by atoms with Crippen LogP contribution in [-0.2, 0) is 6.42 Å². The number of aromatic nitrogens is 1. The molecule has 0 atom stereocenters. The number of hydrogen-bond donors (Lipinski definition) is 1. The SMILES string of the molecule is CCc1ccc(C(=O)NCC2CCN(c3ccncc3)CC2)cc1. The third-order valence-corrected chi connectivity index (χ3v) is 4.82. The summed E-state index contributed by atoms with van der Waals surface area (Å²) >= 11 is 0. The summed E-state index contributed by atoms with van der Waals surface area (Å²) in [6.07, 6.45) is 6.89. The monoisotopic (exact) mass is 323 g/mol. The molecule has 1 N–H and O–H groups in total. The molecule has 0 bridgehead atoms. The molecule has 1 aromatic heterocycles. The maximum atomic E-state index is 12.2. The first kappa shape index (κ1) is 16.5. The molecule has 1 aromatic carbocycles. The zero-order chi connectivity index (χ0) is 16.8. The molecule has 1 aliphatic rings. The van der Waals surface area contributed by atoms with Crippen molar-refractivity contribution in [1.29, 1.82) is 0 Å². The molecule has 0 radical (unpaired) electrons. The molecule has 0 spiro atoms. The number of anilines is 1. The number of hydrogen-bond acceptors (Lipinski definition) is 3. The number of pyridine rings is 1. The molecule has 3 rings (SSSR count). The summed E-state index contributed by atoms with van der Waals surface area (Å²) in [4.78, 5) is 18.7. The van der Waals surface area contributed by atoms with Crippen molar-refractivity contribution in [1.82, 2.24) is 10.3 Å². The molecule has 4 nitrogen and oxygen atoms in total. The van der Waals surface area contributed by atoms with Gasteiger partial charge in [-0.15, -0.1) is 0 Å². The number of benzene rings is 1. The number of rotatable bonds is 5. The Morgan fingerprint density at radius 3 is 2.42 bits per heavy atom. The van der Waals surface area contributed by atoms with E-state index < -0.39 is 0 Å². The number of nitrogens with zero attached hydrogens (tertiary/aromatic N) is 2. The van der Waals surface area contributed by atoms with Crippen LogP contribution >= 0.6 is 0 Å². The smallest absolute Gasteiger partial charge is 0.251 e. The van der Waals surface area contributed by atoms with E-state index in [0.717, 1.165) is 44.5 Å². The normalized spacial score (nSPS) is 15.3. The topological polar surface area (TPSA) is 45.2 Å². The van der Waals surface area contributed by atoms with Crippen LogP contribution in [0.5, 0.6) is 0 Å². The molecule has 2 heterocycles. The van der Waals surface area contributed by atoms with E-state index in [9.17, 15) is 4.79 Å². The van der Waals surface area contributed by atoms with Crippen molar-refractivity contribution in [3.63, 3.8) is 0 Å². The van der Waals surface area contributed by atoms with Crippen LogP contribution in [0.4, 0.5) is 5.69 Å². The first-order chi connectivity index (χ1) is 11.8.